The maximum absolute atomic E-state index is 14.4. The van der Waals surface area contributed by atoms with Gasteiger partial charge in [0.1, 0.15) is 17.7 Å². The second kappa shape index (κ2) is 9.61. The third-order valence-electron chi connectivity index (χ3n) is 7.85. The lowest BCUT2D eigenvalue weighted by Crippen LogP contribution is -2.33. The highest BCUT2D eigenvalue weighted by Crippen LogP contribution is 2.41. The van der Waals surface area contributed by atoms with Crippen LogP contribution >= 0.6 is 0 Å². The zero-order valence-corrected chi connectivity index (χ0v) is 19.0. The molecule has 2 aliphatic heterocycles. The maximum atomic E-state index is 14.4. The number of hydrogen-bond donors (Lipinski definition) is 0. The van der Waals surface area contributed by atoms with Gasteiger partial charge >= 0.3 is 0 Å². The van der Waals surface area contributed by atoms with Crippen molar-refractivity contribution < 1.29 is 18.3 Å². The van der Waals surface area contributed by atoms with Crippen molar-refractivity contribution in [2.24, 2.45) is 11.8 Å². The van der Waals surface area contributed by atoms with Crippen molar-refractivity contribution in [3.63, 3.8) is 0 Å². The molecule has 2 aromatic carbocycles. The van der Waals surface area contributed by atoms with Crippen molar-refractivity contribution in [2.75, 3.05) is 13.2 Å². The van der Waals surface area contributed by atoms with E-state index in [2.05, 4.69) is 19.1 Å². The van der Waals surface area contributed by atoms with E-state index in [1.165, 1.54) is 69.1 Å². The van der Waals surface area contributed by atoms with Gasteiger partial charge in [-0.05, 0) is 91.5 Å². The van der Waals surface area contributed by atoms with Gasteiger partial charge in [0.2, 0.25) is 0 Å². The van der Waals surface area contributed by atoms with Crippen LogP contribution in [0.1, 0.15) is 81.4 Å². The van der Waals surface area contributed by atoms with E-state index in [1.54, 1.807) is 0 Å². The lowest BCUT2D eigenvalue weighted by Gasteiger charge is -2.38. The standard InChI is InChI=1S/C28H34F2O2/c1-2-3-18-4-13-26(31-16-18)22-11-9-20(10-12-22)19-5-7-21(8-6-19)23-14-24(29)28(25(30)15-23)27-17-32-27/h5-8,14-15,18,20,22,26-27H,2-4,9-13,16-17H2,1H3. The first-order chi connectivity index (χ1) is 15.6. The zero-order valence-electron chi connectivity index (χ0n) is 19.0. The van der Waals surface area contributed by atoms with Crippen molar-refractivity contribution in [2.45, 2.75) is 76.4 Å². The van der Waals surface area contributed by atoms with E-state index in [0.29, 0.717) is 30.1 Å². The second-order valence-corrected chi connectivity index (χ2v) is 10.0. The Morgan fingerprint density at radius 3 is 2.06 bits per heavy atom. The second-order valence-electron chi connectivity index (χ2n) is 10.0. The fraction of sp³-hybridized carbons (Fsp3) is 0.571. The number of benzene rings is 2. The Bertz CT molecular complexity index is 883. The monoisotopic (exact) mass is 440 g/mol. The Balaban J connectivity index is 1.18. The topological polar surface area (TPSA) is 21.8 Å². The van der Waals surface area contributed by atoms with Gasteiger partial charge in [0.05, 0.1) is 18.3 Å². The average Bonchev–Trinajstić information content (AvgIpc) is 3.65. The minimum atomic E-state index is -0.518. The molecule has 1 saturated carbocycles. The maximum Gasteiger partial charge on any atom is 0.132 e. The SMILES string of the molecule is CCCC1CCC(C2CCC(c3ccc(-c4cc(F)c(C5CO5)c(F)c4)cc3)CC2)OC1. The quantitative estimate of drug-likeness (QED) is 0.432. The highest BCUT2D eigenvalue weighted by molar-refractivity contribution is 5.64. The molecule has 0 N–H and O–H groups in total. The molecule has 0 aromatic heterocycles. The number of hydrogen-bond acceptors (Lipinski definition) is 2. The van der Waals surface area contributed by atoms with Crippen LogP contribution in [0.4, 0.5) is 8.78 Å². The van der Waals surface area contributed by atoms with Gasteiger partial charge in [0, 0.05) is 6.61 Å². The van der Waals surface area contributed by atoms with E-state index < -0.39 is 17.7 Å². The van der Waals surface area contributed by atoms with Gasteiger partial charge in [0.25, 0.3) is 0 Å². The first kappa shape index (κ1) is 22.0. The van der Waals surface area contributed by atoms with Gasteiger partial charge < -0.3 is 9.47 Å². The van der Waals surface area contributed by atoms with Crippen molar-refractivity contribution in [3.05, 3.63) is 59.2 Å². The summed E-state index contributed by atoms with van der Waals surface area (Å²) in [6.07, 6.45) is 10.0. The summed E-state index contributed by atoms with van der Waals surface area (Å²) in [7, 11) is 0. The van der Waals surface area contributed by atoms with Crippen LogP contribution in [-0.4, -0.2) is 19.3 Å². The summed E-state index contributed by atoms with van der Waals surface area (Å²) >= 11 is 0. The van der Waals surface area contributed by atoms with Gasteiger partial charge in [-0.3, -0.25) is 0 Å². The van der Waals surface area contributed by atoms with Crippen molar-refractivity contribution in [1.29, 1.82) is 0 Å². The smallest absolute Gasteiger partial charge is 0.132 e. The van der Waals surface area contributed by atoms with E-state index in [9.17, 15) is 8.78 Å². The number of halogens is 2. The molecule has 2 aromatic rings. The number of rotatable bonds is 6. The molecule has 0 spiro atoms. The summed E-state index contributed by atoms with van der Waals surface area (Å²) < 4.78 is 40.1. The summed E-state index contributed by atoms with van der Waals surface area (Å²) in [4.78, 5) is 0. The van der Waals surface area contributed by atoms with Crippen LogP contribution in [0.25, 0.3) is 11.1 Å². The normalized spacial score (nSPS) is 30.3. The van der Waals surface area contributed by atoms with Crippen molar-refractivity contribution >= 4 is 0 Å². The predicted octanol–water partition coefficient (Wildman–Crippen LogP) is 7.57. The largest absolute Gasteiger partial charge is 0.378 e. The first-order valence-corrected chi connectivity index (χ1v) is 12.4. The van der Waals surface area contributed by atoms with Crippen LogP contribution in [0, 0.1) is 23.5 Å². The predicted molar refractivity (Wildman–Crippen MR) is 123 cm³/mol. The van der Waals surface area contributed by atoms with E-state index >= 15 is 0 Å². The highest BCUT2D eigenvalue weighted by Gasteiger charge is 2.33. The summed E-state index contributed by atoms with van der Waals surface area (Å²) in [6, 6.07) is 11.1. The van der Waals surface area contributed by atoms with Gasteiger partial charge in [-0.15, -0.1) is 0 Å². The van der Waals surface area contributed by atoms with Gasteiger partial charge in [-0.25, -0.2) is 8.78 Å². The van der Waals surface area contributed by atoms with Gasteiger partial charge in [0.15, 0.2) is 0 Å². The first-order valence-electron chi connectivity index (χ1n) is 12.4. The molecule has 4 heteroatoms. The summed E-state index contributed by atoms with van der Waals surface area (Å²) in [5.41, 5.74) is 2.82. The minimum absolute atomic E-state index is 0.0601. The molecule has 3 unspecified atom stereocenters. The molecule has 1 aliphatic carbocycles. The average molecular weight is 441 g/mol. The molecule has 2 heterocycles. The van der Waals surface area contributed by atoms with E-state index in [1.807, 2.05) is 12.1 Å². The Morgan fingerprint density at radius 2 is 1.50 bits per heavy atom. The van der Waals surface area contributed by atoms with E-state index in [0.717, 1.165) is 18.1 Å². The van der Waals surface area contributed by atoms with E-state index in [-0.39, 0.29) is 5.56 Å². The molecule has 2 nitrogen and oxygen atoms in total. The Morgan fingerprint density at radius 1 is 0.812 bits per heavy atom. The molecule has 0 radical (unpaired) electrons. The molecular weight excluding hydrogens is 406 g/mol. The summed E-state index contributed by atoms with van der Waals surface area (Å²) in [5, 5.41) is 0. The Hall–Kier alpha value is -1.78. The number of ether oxygens (including phenoxy) is 2. The molecule has 3 atom stereocenters. The molecule has 0 amide bonds. The summed E-state index contributed by atoms with van der Waals surface area (Å²) in [6.45, 7) is 3.61. The molecule has 3 fully saturated rings. The van der Waals surface area contributed by atoms with Crippen LogP contribution < -0.4 is 0 Å². The van der Waals surface area contributed by atoms with E-state index in [4.69, 9.17) is 9.47 Å². The fourth-order valence-corrected chi connectivity index (χ4v) is 5.88. The molecule has 5 rings (SSSR count). The van der Waals surface area contributed by atoms with Gasteiger partial charge in [-0.1, -0.05) is 37.6 Å². The third-order valence-corrected chi connectivity index (χ3v) is 7.85. The molecule has 2 saturated heterocycles. The molecule has 32 heavy (non-hydrogen) atoms. The molecule has 3 aliphatic rings. The Kier molecular flexibility index (Phi) is 6.61. The molecular formula is C28H34F2O2. The fourth-order valence-electron chi connectivity index (χ4n) is 5.88. The van der Waals surface area contributed by atoms with Crippen LogP contribution in [0.3, 0.4) is 0 Å². The number of epoxide rings is 1. The summed E-state index contributed by atoms with van der Waals surface area (Å²) in [5.74, 6) is 1.01. The van der Waals surface area contributed by atoms with Crippen LogP contribution in [0.5, 0.6) is 0 Å². The lowest BCUT2D eigenvalue weighted by molar-refractivity contribution is -0.0575. The third kappa shape index (κ3) is 4.77. The van der Waals surface area contributed by atoms with Crippen LogP contribution in [0.2, 0.25) is 0 Å². The van der Waals surface area contributed by atoms with Crippen molar-refractivity contribution in [1.82, 2.24) is 0 Å². The van der Waals surface area contributed by atoms with Crippen molar-refractivity contribution in [3.8, 4) is 11.1 Å². The minimum Gasteiger partial charge on any atom is -0.378 e. The Labute approximate surface area is 190 Å². The highest BCUT2D eigenvalue weighted by atomic mass is 19.1. The van der Waals surface area contributed by atoms with Crippen LogP contribution in [0.15, 0.2) is 36.4 Å². The lowest BCUT2D eigenvalue weighted by atomic mass is 9.75. The van der Waals surface area contributed by atoms with Gasteiger partial charge in [-0.2, -0.15) is 0 Å². The molecule has 0 bridgehead atoms. The van der Waals surface area contributed by atoms with Crippen LogP contribution in [-0.2, 0) is 9.47 Å². The molecule has 172 valence electrons. The zero-order chi connectivity index (χ0) is 22.1.